The normalized spacial score (nSPS) is 12.6. The molecule has 6 heteroatoms. The van der Waals surface area contributed by atoms with Gasteiger partial charge < -0.3 is 10.4 Å². The topological polar surface area (TPSA) is 83.7 Å². The zero-order chi connectivity index (χ0) is 16.3. The van der Waals surface area contributed by atoms with E-state index in [1.807, 2.05) is 26.8 Å². The van der Waals surface area contributed by atoms with Gasteiger partial charge in [0, 0.05) is 18.9 Å². The van der Waals surface area contributed by atoms with Gasteiger partial charge in [0.1, 0.15) is 11.2 Å². The first kappa shape index (κ1) is 16.2. The number of nitrogens with zero attached hydrogens (tertiary/aromatic N) is 2. The van der Waals surface area contributed by atoms with E-state index in [0.29, 0.717) is 18.0 Å². The summed E-state index contributed by atoms with van der Waals surface area (Å²) in [6.45, 7) is 5.97. The monoisotopic (exact) mass is 303 g/mol. The van der Waals surface area contributed by atoms with Crippen LogP contribution in [0.4, 0.5) is 0 Å². The lowest BCUT2D eigenvalue weighted by Crippen LogP contribution is -2.36. The number of rotatable bonds is 5. The van der Waals surface area contributed by atoms with E-state index in [1.54, 1.807) is 12.3 Å². The Balaban J connectivity index is 2.18. The third kappa shape index (κ3) is 3.71. The molecule has 1 unspecified atom stereocenters. The zero-order valence-corrected chi connectivity index (χ0v) is 13.0. The number of hydrogen-bond donors (Lipinski definition) is 2. The highest BCUT2D eigenvalue weighted by Crippen LogP contribution is 2.04. The smallest absolute Gasteiger partial charge is 0.270 e. The number of pyridine rings is 1. The van der Waals surface area contributed by atoms with Crippen LogP contribution >= 0.6 is 0 Å². The van der Waals surface area contributed by atoms with Crippen LogP contribution in [0.5, 0.6) is 0 Å². The van der Waals surface area contributed by atoms with Crippen molar-refractivity contribution in [2.24, 2.45) is 5.92 Å². The van der Waals surface area contributed by atoms with Gasteiger partial charge >= 0.3 is 0 Å². The molecule has 6 nitrogen and oxygen atoms in total. The molecule has 0 spiro atoms. The van der Waals surface area contributed by atoms with E-state index in [9.17, 15) is 14.7 Å². The average molecular weight is 303 g/mol. The van der Waals surface area contributed by atoms with Crippen molar-refractivity contribution in [1.82, 2.24) is 14.7 Å². The van der Waals surface area contributed by atoms with Gasteiger partial charge in [-0.25, -0.2) is 4.98 Å². The maximum Gasteiger partial charge on any atom is 0.270 e. The summed E-state index contributed by atoms with van der Waals surface area (Å²) in [5.41, 5.74) is 0.956. The number of fused-ring (bicyclic) bond motifs is 1. The Morgan fingerprint density at radius 2 is 2.14 bits per heavy atom. The maximum absolute atomic E-state index is 12.3. The summed E-state index contributed by atoms with van der Waals surface area (Å²) in [5, 5.41) is 12.4. The number of amides is 1. The third-order valence-corrected chi connectivity index (χ3v) is 3.34. The summed E-state index contributed by atoms with van der Waals surface area (Å²) in [7, 11) is 0. The number of nitrogens with one attached hydrogen (secondary N) is 1. The van der Waals surface area contributed by atoms with Crippen LogP contribution in [-0.4, -0.2) is 33.0 Å². The molecule has 0 bridgehead atoms. The first-order valence-corrected chi connectivity index (χ1v) is 7.32. The molecule has 2 rings (SSSR count). The highest BCUT2D eigenvalue weighted by Gasteiger charge is 2.15. The minimum absolute atomic E-state index is 0.0279. The number of carbonyl (C=O) groups excluding carboxylic acids is 1. The van der Waals surface area contributed by atoms with E-state index in [-0.39, 0.29) is 12.1 Å². The molecule has 118 valence electrons. The van der Waals surface area contributed by atoms with Gasteiger partial charge in [0.25, 0.3) is 11.5 Å². The molecule has 0 aliphatic heterocycles. The highest BCUT2D eigenvalue weighted by atomic mass is 16.3. The number of aliphatic hydroxyl groups excluding tert-OH is 1. The summed E-state index contributed by atoms with van der Waals surface area (Å²) >= 11 is 0. The van der Waals surface area contributed by atoms with Crippen molar-refractivity contribution in [3.63, 3.8) is 0 Å². The van der Waals surface area contributed by atoms with E-state index >= 15 is 0 Å². The number of hydrogen-bond acceptors (Lipinski definition) is 4. The second-order valence-electron chi connectivity index (χ2n) is 5.91. The molecule has 1 atom stereocenters. The van der Waals surface area contributed by atoms with Gasteiger partial charge in [-0.1, -0.05) is 19.9 Å². The van der Waals surface area contributed by atoms with Gasteiger partial charge in [0.15, 0.2) is 0 Å². The van der Waals surface area contributed by atoms with Crippen LogP contribution in [-0.2, 0) is 0 Å². The predicted molar refractivity (Wildman–Crippen MR) is 84.0 cm³/mol. The molecule has 0 saturated carbocycles. The fraction of sp³-hybridized carbons (Fsp3) is 0.438. The Morgan fingerprint density at radius 1 is 1.41 bits per heavy atom. The number of aryl methyl sites for hydroxylation is 1. The summed E-state index contributed by atoms with van der Waals surface area (Å²) in [6.07, 6.45) is 2.89. The van der Waals surface area contributed by atoms with Crippen molar-refractivity contribution in [2.75, 3.05) is 6.54 Å². The quantitative estimate of drug-likeness (QED) is 0.867. The zero-order valence-electron chi connectivity index (χ0n) is 13.0. The van der Waals surface area contributed by atoms with E-state index in [0.717, 1.165) is 5.56 Å². The second-order valence-corrected chi connectivity index (χ2v) is 5.91. The van der Waals surface area contributed by atoms with Crippen molar-refractivity contribution in [1.29, 1.82) is 0 Å². The first-order valence-electron chi connectivity index (χ1n) is 7.32. The predicted octanol–water partition coefficient (Wildman–Crippen LogP) is 1.14. The molecule has 1 amide bonds. The van der Waals surface area contributed by atoms with E-state index in [2.05, 4.69) is 10.3 Å². The molecule has 0 aromatic carbocycles. The molecule has 0 saturated heterocycles. The molecule has 22 heavy (non-hydrogen) atoms. The highest BCUT2D eigenvalue weighted by molar-refractivity contribution is 5.93. The molecule has 2 aromatic rings. The Labute approximate surface area is 128 Å². The van der Waals surface area contributed by atoms with Crippen LogP contribution in [0.15, 0.2) is 29.3 Å². The van der Waals surface area contributed by atoms with Gasteiger partial charge in [-0.15, -0.1) is 0 Å². The fourth-order valence-corrected chi connectivity index (χ4v) is 2.27. The molecular weight excluding hydrogens is 282 g/mol. The van der Waals surface area contributed by atoms with Crippen molar-refractivity contribution >= 4 is 11.6 Å². The Kier molecular flexibility index (Phi) is 4.92. The molecule has 2 N–H and O–H groups in total. The molecule has 2 aromatic heterocycles. The minimum Gasteiger partial charge on any atom is -0.391 e. The van der Waals surface area contributed by atoms with Crippen molar-refractivity contribution < 1.29 is 9.90 Å². The molecule has 0 aliphatic carbocycles. The van der Waals surface area contributed by atoms with Gasteiger partial charge in [0.2, 0.25) is 0 Å². The number of aromatic nitrogens is 2. The van der Waals surface area contributed by atoms with Crippen LogP contribution in [0, 0.1) is 12.8 Å². The largest absolute Gasteiger partial charge is 0.391 e. The summed E-state index contributed by atoms with van der Waals surface area (Å²) < 4.78 is 1.36. The van der Waals surface area contributed by atoms with Crippen LogP contribution in [0.2, 0.25) is 0 Å². The average Bonchev–Trinajstić information content (AvgIpc) is 2.45. The van der Waals surface area contributed by atoms with Crippen molar-refractivity contribution in [2.45, 2.75) is 33.3 Å². The van der Waals surface area contributed by atoms with Crippen LogP contribution in [0.3, 0.4) is 0 Å². The van der Waals surface area contributed by atoms with E-state index in [4.69, 9.17) is 0 Å². The standard InChI is InChI=1S/C16H21N3O3/c1-10(2)6-12(20)7-18-15(21)13-8-17-14-5-4-11(3)9-19(14)16(13)22/h4-5,8-10,12,20H,6-7H2,1-3H3,(H,18,21). The molecular formula is C16H21N3O3. The molecule has 2 heterocycles. The summed E-state index contributed by atoms with van der Waals surface area (Å²) in [5.74, 6) is -0.181. The Morgan fingerprint density at radius 3 is 2.82 bits per heavy atom. The van der Waals surface area contributed by atoms with Gasteiger partial charge in [0.05, 0.1) is 6.10 Å². The van der Waals surface area contributed by atoms with Crippen LogP contribution in [0.25, 0.3) is 5.65 Å². The molecule has 0 aliphatic rings. The van der Waals surface area contributed by atoms with Gasteiger partial charge in [-0.3, -0.25) is 14.0 Å². The second kappa shape index (κ2) is 6.70. The lowest BCUT2D eigenvalue weighted by atomic mass is 10.1. The first-order chi connectivity index (χ1) is 10.4. The van der Waals surface area contributed by atoms with Crippen molar-refractivity contribution in [3.05, 3.63) is 46.0 Å². The van der Waals surface area contributed by atoms with Crippen LogP contribution < -0.4 is 10.9 Å². The molecule has 0 fully saturated rings. The van der Waals surface area contributed by atoms with E-state index in [1.165, 1.54) is 10.6 Å². The molecule has 0 radical (unpaired) electrons. The van der Waals surface area contributed by atoms with Crippen molar-refractivity contribution in [3.8, 4) is 0 Å². The Hall–Kier alpha value is -2.21. The lowest BCUT2D eigenvalue weighted by molar-refractivity contribution is 0.0898. The van der Waals surface area contributed by atoms with E-state index < -0.39 is 17.6 Å². The minimum atomic E-state index is -0.623. The number of carbonyl (C=O) groups is 1. The van der Waals surface area contributed by atoms with Gasteiger partial charge in [-0.2, -0.15) is 0 Å². The maximum atomic E-state index is 12.3. The van der Waals surface area contributed by atoms with Gasteiger partial charge in [-0.05, 0) is 30.9 Å². The summed E-state index contributed by atoms with van der Waals surface area (Å²) in [4.78, 5) is 28.6. The Bertz CT molecular complexity index is 737. The van der Waals surface area contributed by atoms with Crippen LogP contribution in [0.1, 0.15) is 36.2 Å². The summed E-state index contributed by atoms with van der Waals surface area (Å²) in [6, 6.07) is 3.58. The third-order valence-electron chi connectivity index (χ3n) is 3.34. The SMILES string of the molecule is Cc1ccc2ncc(C(=O)NCC(O)CC(C)C)c(=O)n2c1. The lowest BCUT2D eigenvalue weighted by Gasteiger charge is -2.13. The fourth-order valence-electron chi connectivity index (χ4n) is 2.27. The number of aliphatic hydroxyl groups is 1.